The molecule has 0 aliphatic heterocycles. The lowest BCUT2D eigenvalue weighted by Gasteiger charge is -2.10. The Morgan fingerprint density at radius 2 is 1.95 bits per heavy atom. The first-order valence-electron chi connectivity index (χ1n) is 6.30. The summed E-state index contributed by atoms with van der Waals surface area (Å²) in [6.07, 6.45) is 6.83. The van der Waals surface area contributed by atoms with Gasteiger partial charge >= 0.3 is 5.97 Å². The highest BCUT2D eigenvalue weighted by molar-refractivity contribution is 5.92. The van der Waals surface area contributed by atoms with Gasteiger partial charge in [0.15, 0.2) is 0 Å². The molecule has 0 fully saturated rings. The Bertz CT molecular complexity index is 561. The summed E-state index contributed by atoms with van der Waals surface area (Å²) in [5.41, 5.74) is 7.11. The van der Waals surface area contributed by atoms with Crippen LogP contribution in [0.4, 0.5) is 5.69 Å². The Balaban J connectivity index is 1.86. The van der Waals surface area contributed by atoms with Crippen LogP contribution in [0.15, 0.2) is 42.5 Å². The van der Waals surface area contributed by atoms with Crippen LogP contribution in [0.2, 0.25) is 0 Å². The van der Waals surface area contributed by atoms with Crippen molar-refractivity contribution in [2.24, 2.45) is 5.92 Å². The van der Waals surface area contributed by atoms with Gasteiger partial charge in [-0.3, -0.25) is 9.59 Å². The summed E-state index contributed by atoms with van der Waals surface area (Å²) in [6, 6.07) is 6.92. The van der Waals surface area contributed by atoms with Crippen LogP contribution in [0, 0.1) is 5.92 Å². The van der Waals surface area contributed by atoms with Crippen LogP contribution in [0.25, 0.3) is 6.08 Å². The van der Waals surface area contributed by atoms with E-state index >= 15 is 0 Å². The second-order valence-electron chi connectivity index (χ2n) is 4.68. The van der Waals surface area contributed by atoms with Crippen molar-refractivity contribution in [3.8, 4) is 0 Å². The van der Waals surface area contributed by atoms with Crippen LogP contribution in [0.3, 0.4) is 0 Å². The zero-order chi connectivity index (χ0) is 14.5. The zero-order valence-electron chi connectivity index (χ0n) is 10.8. The number of hydrogen-bond donors (Lipinski definition) is 3. The number of aliphatic carboxylic acids is 1. The molecule has 2 atom stereocenters. The van der Waals surface area contributed by atoms with E-state index in [0.717, 1.165) is 5.56 Å². The largest absolute Gasteiger partial charge is 0.481 e. The van der Waals surface area contributed by atoms with Gasteiger partial charge in [0.25, 0.3) is 0 Å². The fourth-order valence-corrected chi connectivity index (χ4v) is 2.00. The van der Waals surface area contributed by atoms with Crippen LogP contribution in [-0.4, -0.2) is 23.0 Å². The van der Waals surface area contributed by atoms with Crippen molar-refractivity contribution < 1.29 is 14.7 Å². The number of nitrogens with two attached hydrogens (primary N) is 1. The van der Waals surface area contributed by atoms with Crippen LogP contribution >= 0.6 is 0 Å². The van der Waals surface area contributed by atoms with Crippen molar-refractivity contribution in [3.05, 3.63) is 48.1 Å². The average Bonchev–Trinajstić information content (AvgIpc) is 2.87. The summed E-state index contributed by atoms with van der Waals surface area (Å²) >= 11 is 0. The molecule has 1 aliphatic carbocycles. The first-order valence-corrected chi connectivity index (χ1v) is 6.30. The highest BCUT2D eigenvalue weighted by Gasteiger charge is 2.24. The summed E-state index contributed by atoms with van der Waals surface area (Å²) in [4.78, 5) is 22.5. The number of amides is 1. The van der Waals surface area contributed by atoms with Crippen molar-refractivity contribution in [3.63, 3.8) is 0 Å². The number of carboxylic acids is 1. The van der Waals surface area contributed by atoms with Gasteiger partial charge in [0.1, 0.15) is 0 Å². The Morgan fingerprint density at radius 1 is 1.25 bits per heavy atom. The van der Waals surface area contributed by atoms with Crippen molar-refractivity contribution in [1.82, 2.24) is 5.32 Å². The fraction of sp³-hybridized carbons (Fsp3) is 0.200. The molecule has 104 valence electrons. The zero-order valence-corrected chi connectivity index (χ0v) is 10.8. The minimum Gasteiger partial charge on any atom is -0.481 e. The van der Waals surface area contributed by atoms with Crippen molar-refractivity contribution in [1.29, 1.82) is 0 Å². The van der Waals surface area contributed by atoms with Crippen LogP contribution in [0.1, 0.15) is 12.0 Å². The summed E-state index contributed by atoms with van der Waals surface area (Å²) in [5.74, 6) is -1.63. The lowest BCUT2D eigenvalue weighted by Crippen LogP contribution is -2.31. The molecule has 1 aromatic rings. The standard InChI is InChI=1S/C15H16N2O3/c16-12-5-1-10(2-6-12)3-8-14(18)17-13-7-4-11(9-13)15(19)20/h1-8,11,13H,9,16H2,(H,17,18)(H,19,20)/b8-3+. The maximum Gasteiger partial charge on any atom is 0.310 e. The van der Waals surface area contributed by atoms with Gasteiger partial charge in [-0.15, -0.1) is 0 Å². The van der Waals surface area contributed by atoms with Crippen LogP contribution in [-0.2, 0) is 9.59 Å². The maximum atomic E-state index is 11.7. The van der Waals surface area contributed by atoms with Gasteiger partial charge in [-0.05, 0) is 30.2 Å². The third kappa shape index (κ3) is 3.71. The van der Waals surface area contributed by atoms with Gasteiger partial charge in [0.05, 0.1) is 5.92 Å². The number of carbonyl (C=O) groups excluding carboxylic acids is 1. The van der Waals surface area contributed by atoms with E-state index in [1.165, 1.54) is 6.08 Å². The second-order valence-corrected chi connectivity index (χ2v) is 4.68. The first-order chi connectivity index (χ1) is 9.54. The maximum absolute atomic E-state index is 11.7. The Kier molecular flexibility index (Phi) is 4.20. The quantitative estimate of drug-likeness (QED) is 0.439. The minimum atomic E-state index is -0.865. The number of rotatable bonds is 4. The molecule has 1 aliphatic rings. The van der Waals surface area contributed by atoms with Gasteiger partial charge in [0.2, 0.25) is 5.91 Å². The summed E-state index contributed by atoms with van der Waals surface area (Å²) in [7, 11) is 0. The van der Waals surface area contributed by atoms with E-state index in [2.05, 4.69) is 5.32 Å². The number of carbonyl (C=O) groups is 2. The van der Waals surface area contributed by atoms with Gasteiger partial charge in [-0.1, -0.05) is 24.3 Å². The fourth-order valence-electron chi connectivity index (χ4n) is 2.00. The predicted molar refractivity (Wildman–Crippen MR) is 76.7 cm³/mol. The number of nitrogen functional groups attached to an aromatic ring is 1. The second kappa shape index (κ2) is 6.06. The number of carboxylic acid groups (broad SMARTS) is 1. The van der Waals surface area contributed by atoms with E-state index in [4.69, 9.17) is 10.8 Å². The van der Waals surface area contributed by atoms with Gasteiger partial charge in [0, 0.05) is 17.8 Å². The van der Waals surface area contributed by atoms with Crippen LogP contribution < -0.4 is 11.1 Å². The number of nitrogens with one attached hydrogen (secondary N) is 1. The topological polar surface area (TPSA) is 92.4 Å². The summed E-state index contributed by atoms with van der Waals surface area (Å²) in [6.45, 7) is 0. The molecule has 5 heteroatoms. The molecule has 0 bridgehead atoms. The summed E-state index contributed by atoms with van der Waals surface area (Å²) < 4.78 is 0. The molecule has 0 radical (unpaired) electrons. The molecule has 0 spiro atoms. The highest BCUT2D eigenvalue weighted by Crippen LogP contribution is 2.17. The smallest absolute Gasteiger partial charge is 0.310 e. The predicted octanol–water partition coefficient (Wildman–Crippen LogP) is 1.43. The van der Waals surface area contributed by atoms with E-state index in [1.807, 2.05) is 12.1 Å². The first kappa shape index (κ1) is 13.9. The molecule has 0 aromatic heterocycles. The molecule has 20 heavy (non-hydrogen) atoms. The van der Waals surface area contributed by atoms with Gasteiger partial charge < -0.3 is 16.2 Å². The number of anilines is 1. The van der Waals surface area contributed by atoms with Gasteiger partial charge in [-0.2, -0.15) is 0 Å². The Morgan fingerprint density at radius 3 is 2.55 bits per heavy atom. The molecule has 1 amide bonds. The Labute approximate surface area is 116 Å². The highest BCUT2D eigenvalue weighted by atomic mass is 16.4. The van der Waals surface area contributed by atoms with Gasteiger partial charge in [-0.25, -0.2) is 0 Å². The van der Waals surface area contributed by atoms with Crippen molar-refractivity contribution in [2.45, 2.75) is 12.5 Å². The average molecular weight is 272 g/mol. The monoisotopic (exact) mass is 272 g/mol. The molecule has 0 saturated heterocycles. The van der Waals surface area contributed by atoms with Crippen molar-refractivity contribution >= 4 is 23.6 Å². The lowest BCUT2D eigenvalue weighted by molar-refractivity contribution is -0.140. The third-order valence-corrected chi connectivity index (χ3v) is 3.09. The molecule has 1 aromatic carbocycles. The molecular formula is C15H16N2O3. The van der Waals surface area contributed by atoms with E-state index < -0.39 is 11.9 Å². The van der Waals surface area contributed by atoms with Crippen molar-refractivity contribution in [2.75, 3.05) is 5.73 Å². The third-order valence-electron chi connectivity index (χ3n) is 3.09. The SMILES string of the molecule is Nc1ccc(/C=C/C(=O)NC2C=CC(C(=O)O)C2)cc1. The molecule has 5 nitrogen and oxygen atoms in total. The van der Waals surface area contributed by atoms with E-state index in [0.29, 0.717) is 12.1 Å². The summed E-state index contributed by atoms with van der Waals surface area (Å²) in [5, 5.41) is 11.6. The molecule has 0 heterocycles. The molecule has 4 N–H and O–H groups in total. The van der Waals surface area contributed by atoms with Crippen LogP contribution in [0.5, 0.6) is 0 Å². The normalized spacial score (nSPS) is 21.2. The van der Waals surface area contributed by atoms with E-state index in [-0.39, 0.29) is 11.9 Å². The minimum absolute atomic E-state index is 0.223. The molecular weight excluding hydrogens is 256 g/mol. The molecule has 2 rings (SSSR count). The number of hydrogen-bond acceptors (Lipinski definition) is 3. The lowest BCUT2D eigenvalue weighted by atomic mass is 10.1. The molecule has 2 unspecified atom stereocenters. The van der Waals surface area contributed by atoms with E-state index in [1.54, 1.807) is 30.4 Å². The number of benzene rings is 1. The van der Waals surface area contributed by atoms with E-state index in [9.17, 15) is 9.59 Å². The Hall–Kier alpha value is -2.56. The molecule has 0 saturated carbocycles.